The molecule has 0 saturated carbocycles. The Balaban J connectivity index is 2.05. The fourth-order valence-electron chi connectivity index (χ4n) is 1.74. The van der Waals surface area contributed by atoms with E-state index in [0.29, 0.717) is 5.69 Å². The quantitative estimate of drug-likeness (QED) is 0.395. The third kappa shape index (κ3) is 1.97. The van der Waals surface area contributed by atoms with E-state index < -0.39 is 0 Å². The van der Waals surface area contributed by atoms with Gasteiger partial charge in [0.25, 0.3) is 0 Å². The van der Waals surface area contributed by atoms with Crippen LogP contribution in [0.3, 0.4) is 0 Å². The molecular formula is C12H10N2OS2. The molecule has 3 N–H and O–H groups in total. The number of anilines is 3. The lowest BCUT2D eigenvalue weighted by atomic mass is 10.2. The van der Waals surface area contributed by atoms with Gasteiger partial charge >= 0.3 is 0 Å². The summed E-state index contributed by atoms with van der Waals surface area (Å²) in [5, 5.41) is 12.2. The number of hydrogen-bond donors (Lipinski definition) is 4. The van der Waals surface area contributed by atoms with Crippen molar-refractivity contribution in [3.05, 3.63) is 36.4 Å². The van der Waals surface area contributed by atoms with E-state index in [1.165, 1.54) is 0 Å². The maximum Gasteiger partial charge on any atom is 0.0614 e. The smallest absolute Gasteiger partial charge is 0.0614 e. The monoisotopic (exact) mass is 262 g/mol. The van der Waals surface area contributed by atoms with Crippen LogP contribution >= 0.6 is 24.4 Å². The minimum atomic E-state index is 0.684. The van der Waals surface area contributed by atoms with E-state index in [9.17, 15) is 0 Å². The third-order valence-corrected chi connectivity index (χ3v) is 3.96. The molecule has 0 saturated heterocycles. The predicted octanol–water partition coefficient (Wildman–Crippen LogP) is 3.98. The molecule has 5 heteroatoms. The maximum atomic E-state index is 8.89. The fourth-order valence-corrected chi connectivity index (χ4v) is 3.10. The molecule has 0 aliphatic carbocycles. The van der Waals surface area contributed by atoms with E-state index in [2.05, 4.69) is 23.4 Å². The van der Waals surface area contributed by atoms with Gasteiger partial charge in [0, 0.05) is 14.7 Å². The second kappa shape index (κ2) is 4.18. The number of fused-ring (bicyclic) bond motifs is 2. The van der Waals surface area contributed by atoms with Gasteiger partial charge in [-0.25, -0.2) is 0 Å². The molecule has 0 unspecified atom stereocenters. The van der Waals surface area contributed by atoms with Gasteiger partial charge in [0.15, 0.2) is 0 Å². The zero-order valence-electron chi connectivity index (χ0n) is 8.77. The lowest BCUT2D eigenvalue weighted by Gasteiger charge is -2.21. The summed E-state index contributed by atoms with van der Waals surface area (Å²) in [6.07, 6.45) is 0. The first-order valence-corrected chi connectivity index (χ1v) is 6.35. The number of benzene rings is 2. The summed E-state index contributed by atoms with van der Waals surface area (Å²) in [6.45, 7) is 0. The Morgan fingerprint density at radius 3 is 2.53 bits per heavy atom. The number of rotatable bonds is 1. The summed E-state index contributed by atoms with van der Waals surface area (Å²) < 4.78 is 0. The predicted molar refractivity (Wildman–Crippen MR) is 73.0 cm³/mol. The van der Waals surface area contributed by atoms with Crippen molar-refractivity contribution in [3.8, 4) is 0 Å². The van der Waals surface area contributed by atoms with Crippen LogP contribution in [-0.4, -0.2) is 5.21 Å². The van der Waals surface area contributed by atoms with Crippen molar-refractivity contribution in [2.24, 2.45) is 0 Å². The molecule has 1 aliphatic rings. The maximum absolute atomic E-state index is 8.89. The summed E-state index contributed by atoms with van der Waals surface area (Å²) in [6, 6.07) is 11.7. The van der Waals surface area contributed by atoms with Gasteiger partial charge in [-0.05, 0) is 36.4 Å². The number of hydrogen-bond acceptors (Lipinski definition) is 5. The first-order valence-electron chi connectivity index (χ1n) is 5.08. The molecule has 1 aliphatic heterocycles. The van der Waals surface area contributed by atoms with Crippen molar-refractivity contribution < 1.29 is 5.21 Å². The van der Waals surface area contributed by atoms with Crippen molar-refractivity contribution in [3.63, 3.8) is 0 Å². The van der Waals surface area contributed by atoms with E-state index in [-0.39, 0.29) is 0 Å². The Kier molecular flexibility index (Phi) is 2.66. The molecule has 17 heavy (non-hydrogen) atoms. The Bertz CT molecular complexity index is 587. The Morgan fingerprint density at radius 2 is 1.76 bits per heavy atom. The van der Waals surface area contributed by atoms with Crippen LogP contribution in [0.5, 0.6) is 0 Å². The molecule has 2 aromatic carbocycles. The zero-order chi connectivity index (χ0) is 11.8. The van der Waals surface area contributed by atoms with Crippen LogP contribution in [0, 0.1) is 0 Å². The summed E-state index contributed by atoms with van der Waals surface area (Å²) in [5.74, 6) is 0. The molecule has 2 aromatic rings. The summed E-state index contributed by atoms with van der Waals surface area (Å²) in [7, 11) is 0. The SMILES string of the molecule is ONc1ccc2c(c1)Sc1cc(S)ccc1N2. The molecule has 0 amide bonds. The highest BCUT2D eigenvalue weighted by Gasteiger charge is 2.15. The Morgan fingerprint density at radius 1 is 1.06 bits per heavy atom. The van der Waals surface area contributed by atoms with E-state index in [1.54, 1.807) is 11.8 Å². The average molecular weight is 262 g/mol. The van der Waals surface area contributed by atoms with E-state index in [0.717, 1.165) is 26.1 Å². The second-order valence-corrected chi connectivity index (χ2v) is 5.33. The number of nitrogens with one attached hydrogen (secondary N) is 2. The Labute approximate surface area is 109 Å². The standard InChI is InChI=1S/C12H10N2OS2/c15-14-7-1-3-9-11(5-7)17-12-6-8(16)2-4-10(12)13-9/h1-6,13-16H. The molecule has 0 aromatic heterocycles. The molecular weight excluding hydrogens is 252 g/mol. The molecule has 1 heterocycles. The molecule has 86 valence electrons. The third-order valence-electron chi connectivity index (χ3n) is 2.57. The van der Waals surface area contributed by atoms with Gasteiger partial charge in [-0.2, -0.15) is 0 Å². The van der Waals surface area contributed by atoms with E-state index in [4.69, 9.17) is 5.21 Å². The first-order chi connectivity index (χ1) is 8.26. The largest absolute Gasteiger partial charge is 0.354 e. The zero-order valence-corrected chi connectivity index (χ0v) is 10.5. The lowest BCUT2D eigenvalue weighted by Crippen LogP contribution is -2.00. The lowest BCUT2D eigenvalue weighted by molar-refractivity contribution is 0.389. The highest BCUT2D eigenvalue weighted by Crippen LogP contribution is 2.45. The molecule has 0 radical (unpaired) electrons. The average Bonchev–Trinajstić information content (AvgIpc) is 2.35. The minimum absolute atomic E-state index is 0.684. The first kappa shape index (κ1) is 10.8. The van der Waals surface area contributed by atoms with Crippen LogP contribution in [0.15, 0.2) is 51.1 Å². The van der Waals surface area contributed by atoms with E-state index >= 15 is 0 Å². The van der Waals surface area contributed by atoms with Crippen LogP contribution in [0.1, 0.15) is 0 Å². The molecule has 3 rings (SSSR count). The van der Waals surface area contributed by atoms with Crippen molar-refractivity contribution in [1.82, 2.24) is 0 Å². The van der Waals surface area contributed by atoms with Gasteiger partial charge < -0.3 is 5.32 Å². The highest BCUT2D eigenvalue weighted by atomic mass is 32.2. The van der Waals surface area contributed by atoms with Gasteiger partial charge in [0.05, 0.1) is 17.1 Å². The van der Waals surface area contributed by atoms with Crippen molar-refractivity contribution in [2.75, 3.05) is 10.8 Å². The number of thiol groups is 1. The normalized spacial score (nSPS) is 12.4. The van der Waals surface area contributed by atoms with Crippen LogP contribution in [0.2, 0.25) is 0 Å². The van der Waals surface area contributed by atoms with Crippen molar-refractivity contribution >= 4 is 41.5 Å². The summed E-state index contributed by atoms with van der Waals surface area (Å²) in [4.78, 5) is 3.16. The second-order valence-electron chi connectivity index (χ2n) is 3.73. The molecule has 0 atom stereocenters. The van der Waals surface area contributed by atoms with Crippen molar-refractivity contribution in [1.29, 1.82) is 0 Å². The molecule has 0 spiro atoms. The van der Waals surface area contributed by atoms with E-state index in [1.807, 2.05) is 36.4 Å². The van der Waals surface area contributed by atoms with Crippen LogP contribution in [0.4, 0.5) is 17.1 Å². The molecule has 0 fully saturated rings. The van der Waals surface area contributed by atoms with Crippen molar-refractivity contribution in [2.45, 2.75) is 14.7 Å². The fraction of sp³-hybridized carbons (Fsp3) is 0. The van der Waals surface area contributed by atoms with Gasteiger partial charge in [-0.3, -0.25) is 10.7 Å². The molecule has 3 nitrogen and oxygen atoms in total. The Hall–Kier alpha value is -1.30. The van der Waals surface area contributed by atoms with Crippen LogP contribution in [-0.2, 0) is 0 Å². The minimum Gasteiger partial charge on any atom is -0.354 e. The summed E-state index contributed by atoms with van der Waals surface area (Å²) >= 11 is 6.00. The van der Waals surface area contributed by atoms with Crippen LogP contribution in [0.25, 0.3) is 0 Å². The highest BCUT2D eigenvalue weighted by molar-refractivity contribution is 7.99. The van der Waals surface area contributed by atoms with Gasteiger partial charge in [0.2, 0.25) is 0 Å². The molecule has 0 bridgehead atoms. The van der Waals surface area contributed by atoms with Gasteiger partial charge in [0.1, 0.15) is 0 Å². The van der Waals surface area contributed by atoms with Crippen LogP contribution < -0.4 is 10.8 Å². The van der Waals surface area contributed by atoms with Gasteiger partial charge in [-0.15, -0.1) is 12.6 Å². The summed E-state index contributed by atoms with van der Waals surface area (Å²) in [5.41, 5.74) is 4.98. The van der Waals surface area contributed by atoms with Gasteiger partial charge in [-0.1, -0.05) is 11.8 Å². The topological polar surface area (TPSA) is 44.3 Å².